The third-order valence-electron chi connectivity index (χ3n) is 5.27. The van der Waals surface area contributed by atoms with E-state index < -0.39 is 11.9 Å². The highest BCUT2D eigenvalue weighted by molar-refractivity contribution is 6.01. The lowest BCUT2D eigenvalue weighted by Crippen LogP contribution is -2.38. The molecule has 28 heavy (non-hydrogen) atoms. The van der Waals surface area contributed by atoms with Crippen molar-refractivity contribution in [1.82, 2.24) is 14.7 Å². The van der Waals surface area contributed by atoms with Crippen molar-refractivity contribution in [3.05, 3.63) is 47.3 Å². The molecule has 1 unspecified atom stereocenters. The molecule has 8 nitrogen and oxygen atoms in total. The Labute approximate surface area is 162 Å². The molecule has 146 valence electrons. The molecule has 0 radical (unpaired) electrons. The summed E-state index contributed by atoms with van der Waals surface area (Å²) in [5, 5.41) is 16.2. The van der Waals surface area contributed by atoms with Gasteiger partial charge in [0, 0.05) is 31.6 Å². The maximum Gasteiger partial charge on any atom is 0.303 e. The largest absolute Gasteiger partial charge is 0.481 e. The molecule has 2 amide bonds. The molecule has 2 aromatic rings. The number of carbonyl (C=O) groups is 3. The average molecular weight is 382 g/mol. The van der Waals surface area contributed by atoms with Crippen LogP contribution in [0.5, 0.6) is 0 Å². The van der Waals surface area contributed by atoms with Gasteiger partial charge in [-0.15, -0.1) is 0 Å². The monoisotopic (exact) mass is 382 g/mol. The number of benzene rings is 1. The summed E-state index contributed by atoms with van der Waals surface area (Å²) in [5.41, 5.74) is 3.19. The Bertz CT molecular complexity index is 936. The second kappa shape index (κ2) is 7.46. The number of anilines is 1. The fourth-order valence-electron chi connectivity index (χ4n) is 3.92. The fourth-order valence-corrected chi connectivity index (χ4v) is 3.92. The molecule has 4 rings (SSSR count). The van der Waals surface area contributed by atoms with Crippen molar-refractivity contribution in [3.63, 3.8) is 0 Å². The molecule has 2 aliphatic heterocycles. The SMILES string of the molecule is O=C(O)CCc1cc2n(n1)CCCN(C(=O)C1CC(=O)Nc3ccccc31)C2. The Morgan fingerprint density at radius 1 is 1.25 bits per heavy atom. The number of fused-ring (bicyclic) bond motifs is 2. The molecule has 0 fully saturated rings. The van der Waals surface area contributed by atoms with Gasteiger partial charge in [0.25, 0.3) is 0 Å². The van der Waals surface area contributed by atoms with Gasteiger partial charge in [-0.25, -0.2) is 0 Å². The van der Waals surface area contributed by atoms with Crippen LogP contribution in [0.15, 0.2) is 30.3 Å². The number of aliphatic carboxylic acids is 1. The van der Waals surface area contributed by atoms with Crippen LogP contribution in [0.1, 0.15) is 42.1 Å². The number of hydrogen-bond donors (Lipinski definition) is 2. The normalized spacial score (nSPS) is 18.6. The van der Waals surface area contributed by atoms with Gasteiger partial charge in [-0.1, -0.05) is 18.2 Å². The van der Waals surface area contributed by atoms with Gasteiger partial charge in [-0.05, 0) is 24.1 Å². The fraction of sp³-hybridized carbons (Fsp3) is 0.400. The Balaban J connectivity index is 1.54. The first-order valence-electron chi connectivity index (χ1n) is 9.46. The predicted molar refractivity (Wildman–Crippen MR) is 101 cm³/mol. The lowest BCUT2D eigenvalue weighted by atomic mass is 9.89. The van der Waals surface area contributed by atoms with E-state index in [-0.39, 0.29) is 24.7 Å². The summed E-state index contributed by atoms with van der Waals surface area (Å²) in [7, 11) is 0. The smallest absolute Gasteiger partial charge is 0.303 e. The molecule has 3 heterocycles. The topological polar surface area (TPSA) is 105 Å². The number of nitrogens with one attached hydrogen (secondary N) is 1. The molecule has 1 aromatic carbocycles. The van der Waals surface area contributed by atoms with Crippen molar-refractivity contribution >= 4 is 23.5 Å². The number of aromatic nitrogens is 2. The van der Waals surface area contributed by atoms with Gasteiger partial charge < -0.3 is 15.3 Å². The number of carboxylic acids is 1. The van der Waals surface area contributed by atoms with Crippen LogP contribution in [0, 0.1) is 0 Å². The number of para-hydroxylation sites is 1. The van der Waals surface area contributed by atoms with Gasteiger partial charge in [0.05, 0.1) is 30.3 Å². The van der Waals surface area contributed by atoms with Crippen molar-refractivity contribution in [3.8, 4) is 0 Å². The van der Waals surface area contributed by atoms with Crippen molar-refractivity contribution in [2.24, 2.45) is 0 Å². The summed E-state index contributed by atoms with van der Waals surface area (Å²) in [4.78, 5) is 37.9. The highest BCUT2D eigenvalue weighted by Gasteiger charge is 2.34. The van der Waals surface area contributed by atoms with Crippen molar-refractivity contribution in [1.29, 1.82) is 0 Å². The number of aryl methyl sites for hydroxylation is 2. The molecular weight excluding hydrogens is 360 g/mol. The number of rotatable bonds is 4. The Hall–Kier alpha value is -3.16. The van der Waals surface area contributed by atoms with Crippen LogP contribution < -0.4 is 5.32 Å². The van der Waals surface area contributed by atoms with E-state index in [0.717, 1.165) is 23.4 Å². The predicted octanol–water partition coefficient (Wildman–Crippen LogP) is 1.76. The maximum absolute atomic E-state index is 13.3. The molecule has 2 aliphatic rings. The van der Waals surface area contributed by atoms with Crippen molar-refractivity contribution in [2.75, 3.05) is 11.9 Å². The Morgan fingerprint density at radius 2 is 2.07 bits per heavy atom. The highest BCUT2D eigenvalue weighted by Crippen LogP contribution is 2.34. The van der Waals surface area contributed by atoms with Crippen molar-refractivity contribution < 1.29 is 19.5 Å². The maximum atomic E-state index is 13.3. The van der Waals surface area contributed by atoms with E-state index in [0.29, 0.717) is 31.7 Å². The van der Waals surface area contributed by atoms with Crippen LogP contribution in [-0.2, 0) is 33.9 Å². The quantitative estimate of drug-likeness (QED) is 0.838. The first-order chi connectivity index (χ1) is 13.5. The third kappa shape index (κ3) is 3.62. The number of nitrogens with zero attached hydrogens (tertiary/aromatic N) is 3. The Morgan fingerprint density at radius 3 is 2.89 bits per heavy atom. The van der Waals surface area contributed by atoms with E-state index in [2.05, 4.69) is 10.4 Å². The highest BCUT2D eigenvalue weighted by atomic mass is 16.4. The minimum atomic E-state index is -0.853. The van der Waals surface area contributed by atoms with E-state index in [9.17, 15) is 14.4 Å². The van der Waals surface area contributed by atoms with Gasteiger partial charge in [-0.3, -0.25) is 19.1 Å². The van der Waals surface area contributed by atoms with Gasteiger partial charge in [0.1, 0.15) is 0 Å². The molecule has 1 atom stereocenters. The van der Waals surface area contributed by atoms with Crippen LogP contribution in [0.25, 0.3) is 0 Å². The number of amides is 2. The summed E-state index contributed by atoms with van der Waals surface area (Å²) < 4.78 is 1.87. The van der Waals surface area contributed by atoms with Crippen LogP contribution in [0.3, 0.4) is 0 Å². The molecule has 0 spiro atoms. The summed E-state index contributed by atoms with van der Waals surface area (Å²) >= 11 is 0. The lowest BCUT2D eigenvalue weighted by Gasteiger charge is -2.29. The van der Waals surface area contributed by atoms with Crippen LogP contribution in [-0.4, -0.2) is 44.1 Å². The second-order valence-electron chi connectivity index (χ2n) is 7.25. The van der Waals surface area contributed by atoms with Crippen LogP contribution in [0.4, 0.5) is 5.69 Å². The first kappa shape index (κ1) is 18.2. The lowest BCUT2D eigenvalue weighted by molar-refractivity contribution is -0.137. The molecule has 0 aliphatic carbocycles. The minimum Gasteiger partial charge on any atom is -0.481 e. The zero-order chi connectivity index (χ0) is 19.7. The summed E-state index contributed by atoms with van der Waals surface area (Å²) in [5.74, 6) is -1.53. The average Bonchev–Trinajstić information content (AvgIpc) is 2.95. The zero-order valence-electron chi connectivity index (χ0n) is 15.4. The zero-order valence-corrected chi connectivity index (χ0v) is 15.4. The first-order valence-corrected chi connectivity index (χ1v) is 9.46. The van der Waals surface area contributed by atoms with Gasteiger partial charge in [0.2, 0.25) is 11.8 Å². The van der Waals surface area contributed by atoms with E-state index in [1.54, 1.807) is 4.90 Å². The van der Waals surface area contributed by atoms with Gasteiger partial charge in [0.15, 0.2) is 0 Å². The number of hydrogen-bond acceptors (Lipinski definition) is 4. The Kier molecular flexibility index (Phi) is 4.85. The summed E-state index contributed by atoms with van der Waals surface area (Å²) in [6.45, 7) is 1.71. The van der Waals surface area contributed by atoms with Crippen molar-refractivity contribution in [2.45, 2.75) is 44.7 Å². The molecule has 0 saturated carbocycles. The van der Waals surface area contributed by atoms with E-state index in [4.69, 9.17) is 5.11 Å². The molecule has 0 saturated heterocycles. The van der Waals surface area contributed by atoms with Crippen LogP contribution >= 0.6 is 0 Å². The number of carbonyl (C=O) groups excluding carboxylic acids is 2. The molecule has 8 heteroatoms. The number of carboxylic acid groups (broad SMARTS) is 1. The molecule has 1 aromatic heterocycles. The molecular formula is C20H22N4O4. The summed E-state index contributed by atoms with van der Waals surface area (Å²) in [6, 6.07) is 9.32. The van der Waals surface area contributed by atoms with Gasteiger partial charge >= 0.3 is 5.97 Å². The van der Waals surface area contributed by atoms with Crippen LogP contribution in [0.2, 0.25) is 0 Å². The standard InChI is InChI=1S/C20H22N4O4/c25-18-11-16(15-4-1-2-5-17(15)21-18)20(28)23-8-3-9-24-14(12-23)10-13(22-24)6-7-19(26)27/h1-2,4-5,10,16H,3,6-9,11-12H2,(H,21,25)(H,26,27). The van der Waals surface area contributed by atoms with E-state index in [1.807, 2.05) is 35.0 Å². The minimum absolute atomic E-state index is 0.0348. The van der Waals surface area contributed by atoms with E-state index >= 15 is 0 Å². The summed E-state index contributed by atoms with van der Waals surface area (Å²) in [6.07, 6.45) is 1.32. The molecule has 2 N–H and O–H groups in total. The second-order valence-corrected chi connectivity index (χ2v) is 7.25. The molecule has 0 bridgehead atoms. The van der Waals surface area contributed by atoms with E-state index in [1.165, 1.54) is 0 Å². The third-order valence-corrected chi connectivity index (χ3v) is 5.27. The van der Waals surface area contributed by atoms with Gasteiger partial charge in [-0.2, -0.15) is 5.10 Å².